The van der Waals surface area contributed by atoms with Gasteiger partial charge in [0.1, 0.15) is 11.6 Å². The van der Waals surface area contributed by atoms with Crippen LogP contribution in [0.3, 0.4) is 0 Å². The number of nitrogens with zero attached hydrogens (tertiary/aromatic N) is 4. The van der Waals surface area contributed by atoms with E-state index >= 15 is 0 Å². The number of hydrogen-bond acceptors (Lipinski definition) is 6. The lowest BCUT2D eigenvalue weighted by molar-refractivity contribution is -0.123. The molecule has 0 spiro atoms. The molecule has 1 fully saturated rings. The van der Waals surface area contributed by atoms with Crippen molar-refractivity contribution < 1.29 is 19.4 Å². The topological polar surface area (TPSA) is 149 Å². The number of imidazole rings is 1. The van der Waals surface area contributed by atoms with Crippen LogP contribution >= 0.6 is 0 Å². The highest BCUT2D eigenvalue weighted by atomic mass is 16.5. The molecule has 4 rings (SSSR count). The molecule has 3 heterocycles. The minimum Gasteiger partial charge on any atom is -0.483 e. The first-order valence-electron chi connectivity index (χ1n) is 8.83. The van der Waals surface area contributed by atoms with E-state index in [1.807, 2.05) is 23.7 Å². The van der Waals surface area contributed by atoms with Gasteiger partial charge >= 0.3 is 0 Å². The molecule has 3 aromatic rings. The summed E-state index contributed by atoms with van der Waals surface area (Å²) in [6, 6.07) is 6.27. The van der Waals surface area contributed by atoms with Crippen molar-refractivity contribution in [2.75, 3.05) is 13.2 Å². The predicted octanol–water partition coefficient (Wildman–Crippen LogP) is 0.744. The number of aromatic amines is 1. The maximum atomic E-state index is 11.2. The van der Waals surface area contributed by atoms with Crippen LogP contribution in [0.2, 0.25) is 0 Å². The van der Waals surface area contributed by atoms with Gasteiger partial charge in [-0.05, 0) is 31.0 Å². The van der Waals surface area contributed by atoms with Crippen molar-refractivity contribution in [3.8, 4) is 0 Å². The fourth-order valence-corrected chi connectivity index (χ4v) is 3.24. The van der Waals surface area contributed by atoms with Gasteiger partial charge in [0.05, 0.1) is 30.1 Å². The molecule has 0 saturated carbocycles. The number of aromatic nitrogens is 5. The van der Waals surface area contributed by atoms with Gasteiger partial charge in [0, 0.05) is 13.0 Å². The number of primary amides is 1. The molecule has 1 atom stereocenters. The SMILES string of the molecule is Cc1nc2ccc(Cc3nc(CC(N)=O)nn3C3CCOC3)cc2[nH]1.O=CO. The highest BCUT2D eigenvalue weighted by Gasteiger charge is 2.23. The molecule has 1 aromatic carbocycles. The fraction of sp³-hybridized carbons (Fsp3) is 0.389. The first-order chi connectivity index (χ1) is 13.5. The maximum Gasteiger partial charge on any atom is 0.290 e. The van der Waals surface area contributed by atoms with E-state index in [1.54, 1.807) is 0 Å². The lowest BCUT2D eigenvalue weighted by atomic mass is 10.1. The average Bonchev–Trinajstić information content (AvgIpc) is 3.34. The highest BCUT2D eigenvalue weighted by molar-refractivity contribution is 5.76. The highest BCUT2D eigenvalue weighted by Crippen LogP contribution is 2.22. The van der Waals surface area contributed by atoms with Crippen LogP contribution in [0.15, 0.2) is 18.2 Å². The van der Waals surface area contributed by atoms with Crippen molar-refractivity contribution in [3.05, 3.63) is 41.2 Å². The monoisotopic (exact) mass is 386 g/mol. The van der Waals surface area contributed by atoms with Gasteiger partial charge in [-0.1, -0.05) is 6.07 Å². The zero-order valence-corrected chi connectivity index (χ0v) is 15.5. The van der Waals surface area contributed by atoms with Crippen LogP contribution < -0.4 is 5.73 Å². The Morgan fingerprint density at radius 1 is 1.46 bits per heavy atom. The standard InChI is InChI=1S/C17H20N6O2.CH2O2/c1-10-19-13-3-2-11(6-14(13)20-10)7-17-21-16(8-15(18)24)22-23(17)12-4-5-25-9-12;2-1-3/h2-3,6,12H,4-5,7-9H2,1H3,(H2,18,24)(H,19,20);1H,(H,2,3). The zero-order chi connectivity index (χ0) is 20.1. The molecule has 10 heteroatoms. The summed E-state index contributed by atoms with van der Waals surface area (Å²) in [6.07, 6.45) is 1.56. The summed E-state index contributed by atoms with van der Waals surface area (Å²) >= 11 is 0. The molecule has 1 amide bonds. The van der Waals surface area contributed by atoms with E-state index in [-0.39, 0.29) is 18.9 Å². The van der Waals surface area contributed by atoms with Crippen molar-refractivity contribution in [3.63, 3.8) is 0 Å². The Kier molecular flexibility index (Phi) is 5.99. The third-order valence-electron chi connectivity index (χ3n) is 4.36. The zero-order valence-electron chi connectivity index (χ0n) is 15.5. The number of H-pyrrole nitrogens is 1. The number of hydrogen-bond donors (Lipinski definition) is 3. The largest absolute Gasteiger partial charge is 0.483 e. The number of nitrogens with one attached hydrogen (secondary N) is 1. The molecule has 0 radical (unpaired) electrons. The van der Waals surface area contributed by atoms with E-state index in [0.717, 1.165) is 34.7 Å². The number of ether oxygens (including phenoxy) is 1. The number of rotatable bonds is 5. The van der Waals surface area contributed by atoms with E-state index in [4.69, 9.17) is 20.4 Å². The molecule has 1 aliphatic rings. The van der Waals surface area contributed by atoms with Crippen molar-refractivity contribution in [2.45, 2.75) is 32.2 Å². The van der Waals surface area contributed by atoms with Gasteiger partial charge in [0.25, 0.3) is 6.47 Å². The predicted molar refractivity (Wildman–Crippen MR) is 99.7 cm³/mol. The quantitative estimate of drug-likeness (QED) is 0.548. The number of carbonyl (C=O) groups excluding carboxylic acids is 1. The first kappa shape index (κ1) is 19.5. The molecule has 10 nitrogen and oxygen atoms in total. The third-order valence-corrected chi connectivity index (χ3v) is 4.36. The van der Waals surface area contributed by atoms with Gasteiger partial charge in [-0.2, -0.15) is 5.10 Å². The molecule has 2 aromatic heterocycles. The number of amides is 1. The van der Waals surface area contributed by atoms with Crippen LogP contribution in [0, 0.1) is 6.92 Å². The number of benzene rings is 1. The second-order valence-electron chi connectivity index (χ2n) is 6.51. The molecule has 1 unspecified atom stereocenters. The summed E-state index contributed by atoms with van der Waals surface area (Å²) in [5.74, 6) is 1.75. The summed E-state index contributed by atoms with van der Waals surface area (Å²) in [5.41, 5.74) is 8.34. The van der Waals surface area contributed by atoms with E-state index in [2.05, 4.69) is 26.1 Å². The Morgan fingerprint density at radius 2 is 2.25 bits per heavy atom. The second kappa shape index (κ2) is 8.61. The van der Waals surface area contributed by atoms with Gasteiger partial charge < -0.3 is 20.6 Å². The number of carboxylic acid groups (broad SMARTS) is 1. The number of carbonyl (C=O) groups is 2. The summed E-state index contributed by atoms with van der Waals surface area (Å²) in [5, 5.41) is 11.4. The molecule has 0 aliphatic carbocycles. The first-order valence-corrected chi connectivity index (χ1v) is 8.83. The van der Waals surface area contributed by atoms with Crippen molar-refractivity contribution in [2.24, 2.45) is 5.73 Å². The average molecular weight is 386 g/mol. The van der Waals surface area contributed by atoms with Gasteiger partial charge in [-0.3, -0.25) is 9.59 Å². The number of nitrogens with two attached hydrogens (primary N) is 1. The number of aryl methyl sites for hydroxylation is 1. The smallest absolute Gasteiger partial charge is 0.290 e. The molecule has 0 bridgehead atoms. The van der Waals surface area contributed by atoms with Crippen LogP contribution in [0.5, 0.6) is 0 Å². The molecule has 1 saturated heterocycles. The third kappa shape index (κ3) is 4.52. The van der Waals surface area contributed by atoms with Gasteiger partial charge in [0.2, 0.25) is 5.91 Å². The molecule has 148 valence electrons. The van der Waals surface area contributed by atoms with Crippen LogP contribution in [-0.2, 0) is 27.2 Å². The number of fused-ring (bicyclic) bond motifs is 1. The van der Waals surface area contributed by atoms with Gasteiger partial charge in [-0.15, -0.1) is 0 Å². The van der Waals surface area contributed by atoms with Crippen LogP contribution in [-0.4, -0.2) is 55.4 Å². The summed E-state index contributed by atoms with van der Waals surface area (Å²) in [4.78, 5) is 31.8. The van der Waals surface area contributed by atoms with E-state index in [1.165, 1.54) is 0 Å². The Morgan fingerprint density at radius 3 is 2.93 bits per heavy atom. The minimum atomic E-state index is -0.430. The normalized spacial score (nSPS) is 16.0. The van der Waals surface area contributed by atoms with Gasteiger partial charge in [-0.25, -0.2) is 14.6 Å². The van der Waals surface area contributed by atoms with Gasteiger partial charge in [0.15, 0.2) is 5.82 Å². The molecule has 1 aliphatic heterocycles. The van der Waals surface area contributed by atoms with Crippen LogP contribution in [0.4, 0.5) is 0 Å². The maximum absolute atomic E-state index is 11.2. The lowest BCUT2D eigenvalue weighted by Crippen LogP contribution is -2.16. The Bertz CT molecular complexity index is 974. The molecule has 28 heavy (non-hydrogen) atoms. The Hall–Kier alpha value is -3.27. The fourth-order valence-electron chi connectivity index (χ4n) is 3.24. The van der Waals surface area contributed by atoms with Crippen molar-refractivity contribution in [1.29, 1.82) is 0 Å². The summed E-state index contributed by atoms with van der Waals surface area (Å²) in [6.45, 7) is 3.02. The van der Waals surface area contributed by atoms with E-state index < -0.39 is 5.91 Å². The lowest BCUT2D eigenvalue weighted by Gasteiger charge is -2.11. The van der Waals surface area contributed by atoms with E-state index in [9.17, 15) is 4.79 Å². The summed E-state index contributed by atoms with van der Waals surface area (Å²) < 4.78 is 7.37. The van der Waals surface area contributed by atoms with Crippen molar-refractivity contribution in [1.82, 2.24) is 24.7 Å². The molecular weight excluding hydrogens is 364 g/mol. The molecule has 4 N–H and O–H groups in total. The Labute approximate surface area is 160 Å². The molecular formula is C18H22N6O4. The van der Waals surface area contributed by atoms with Crippen LogP contribution in [0.25, 0.3) is 11.0 Å². The summed E-state index contributed by atoms with van der Waals surface area (Å²) in [7, 11) is 0. The van der Waals surface area contributed by atoms with Crippen molar-refractivity contribution >= 4 is 23.4 Å². The van der Waals surface area contributed by atoms with Crippen LogP contribution in [0.1, 0.15) is 35.5 Å². The van der Waals surface area contributed by atoms with E-state index in [0.29, 0.717) is 25.5 Å². The minimum absolute atomic E-state index is 0.0480. The second-order valence-corrected chi connectivity index (χ2v) is 6.51. The Balaban J connectivity index is 0.000000706.